The van der Waals surface area contributed by atoms with Gasteiger partial charge in [-0.15, -0.1) is 22.9 Å². The van der Waals surface area contributed by atoms with E-state index in [1.54, 1.807) is 0 Å². The zero-order valence-corrected chi connectivity index (χ0v) is 9.53. The first-order chi connectivity index (χ1) is 6.84. The van der Waals surface area contributed by atoms with Gasteiger partial charge in [0.2, 0.25) is 0 Å². The highest BCUT2D eigenvalue weighted by Gasteiger charge is 2.03. The second-order valence-corrected chi connectivity index (χ2v) is 4.31. The molecule has 0 spiro atoms. The van der Waals surface area contributed by atoms with E-state index in [0.717, 1.165) is 30.7 Å². The van der Waals surface area contributed by atoms with Crippen molar-refractivity contribution in [2.45, 2.75) is 19.3 Å². The number of halogens is 1. The Balaban J connectivity index is 2.10. The van der Waals surface area contributed by atoms with Crippen molar-refractivity contribution >= 4 is 28.8 Å². The summed E-state index contributed by atoms with van der Waals surface area (Å²) >= 11 is 7.00. The van der Waals surface area contributed by atoms with Crippen LogP contribution in [0.5, 0.6) is 0 Å². The lowest BCUT2D eigenvalue weighted by Crippen LogP contribution is -2.23. The molecule has 0 bridgehead atoms. The van der Waals surface area contributed by atoms with Gasteiger partial charge in [-0.2, -0.15) is 0 Å². The van der Waals surface area contributed by atoms with Crippen molar-refractivity contribution in [1.82, 2.24) is 5.32 Å². The quantitative estimate of drug-likeness (QED) is 0.592. The zero-order valence-electron chi connectivity index (χ0n) is 7.96. The molecular weight excluding hydrogens is 218 g/mol. The number of hydrogen-bond donors (Lipinski definition) is 1. The molecule has 0 aliphatic rings. The van der Waals surface area contributed by atoms with Crippen molar-refractivity contribution in [2.75, 3.05) is 12.4 Å². The largest absolute Gasteiger partial charge is 0.351 e. The van der Waals surface area contributed by atoms with E-state index in [-0.39, 0.29) is 5.91 Å². The number of carbonyl (C=O) groups excluding carboxylic acids is 1. The number of unbranched alkanes of at least 4 members (excludes halogenated alkanes) is 2. The van der Waals surface area contributed by atoms with Gasteiger partial charge in [0.1, 0.15) is 0 Å². The Hall–Kier alpha value is -0.540. The van der Waals surface area contributed by atoms with Crippen LogP contribution in [0.4, 0.5) is 0 Å². The molecule has 4 heteroatoms. The van der Waals surface area contributed by atoms with Crippen molar-refractivity contribution < 1.29 is 4.79 Å². The summed E-state index contributed by atoms with van der Waals surface area (Å²) in [5, 5.41) is 4.78. The highest BCUT2D eigenvalue weighted by atomic mass is 35.5. The highest BCUT2D eigenvalue weighted by molar-refractivity contribution is 7.12. The Bertz CT molecular complexity index is 261. The van der Waals surface area contributed by atoms with E-state index >= 15 is 0 Å². The molecule has 0 unspecified atom stereocenters. The predicted molar refractivity (Wildman–Crippen MR) is 61.2 cm³/mol. The van der Waals surface area contributed by atoms with Crippen LogP contribution in [0.1, 0.15) is 28.9 Å². The third kappa shape index (κ3) is 4.11. The summed E-state index contributed by atoms with van der Waals surface area (Å²) in [5.41, 5.74) is 0. The normalized spacial score (nSPS) is 10.1. The van der Waals surface area contributed by atoms with Crippen LogP contribution in [0.2, 0.25) is 0 Å². The third-order valence-electron chi connectivity index (χ3n) is 1.84. The van der Waals surface area contributed by atoms with E-state index < -0.39 is 0 Å². The number of alkyl halides is 1. The van der Waals surface area contributed by atoms with Gasteiger partial charge in [-0.25, -0.2) is 0 Å². The molecule has 1 heterocycles. The SMILES string of the molecule is O=C(NCCCCCCl)c1cccs1. The second-order valence-electron chi connectivity index (χ2n) is 2.98. The minimum atomic E-state index is 0.0332. The molecule has 1 aromatic rings. The first-order valence-electron chi connectivity index (χ1n) is 4.72. The first-order valence-corrected chi connectivity index (χ1v) is 6.13. The summed E-state index contributed by atoms with van der Waals surface area (Å²) in [6.07, 6.45) is 3.11. The molecule has 1 N–H and O–H groups in total. The van der Waals surface area contributed by atoms with Gasteiger partial charge in [0.05, 0.1) is 4.88 Å². The van der Waals surface area contributed by atoms with Gasteiger partial charge in [0.15, 0.2) is 0 Å². The van der Waals surface area contributed by atoms with E-state index in [4.69, 9.17) is 11.6 Å². The Morgan fingerprint density at radius 3 is 2.93 bits per heavy atom. The van der Waals surface area contributed by atoms with Crippen molar-refractivity contribution in [3.8, 4) is 0 Å². The monoisotopic (exact) mass is 231 g/mol. The van der Waals surface area contributed by atoms with Gasteiger partial charge in [0.25, 0.3) is 5.91 Å². The second kappa shape index (κ2) is 6.85. The van der Waals surface area contributed by atoms with Crippen molar-refractivity contribution in [3.05, 3.63) is 22.4 Å². The minimum absolute atomic E-state index is 0.0332. The molecule has 0 aromatic carbocycles. The Morgan fingerprint density at radius 1 is 1.43 bits per heavy atom. The molecule has 0 saturated carbocycles. The molecular formula is C10H14ClNOS. The average molecular weight is 232 g/mol. The van der Waals surface area contributed by atoms with Crippen LogP contribution in [0, 0.1) is 0 Å². The maximum Gasteiger partial charge on any atom is 0.261 e. The van der Waals surface area contributed by atoms with E-state index in [1.807, 2.05) is 17.5 Å². The van der Waals surface area contributed by atoms with Crippen LogP contribution in [0.15, 0.2) is 17.5 Å². The molecule has 2 nitrogen and oxygen atoms in total. The molecule has 78 valence electrons. The number of nitrogens with one attached hydrogen (secondary N) is 1. The average Bonchev–Trinajstić information content (AvgIpc) is 2.70. The van der Waals surface area contributed by atoms with Crippen LogP contribution in [0.25, 0.3) is 0 Å². The first kappa shape index (κ1) is 11.5. The van der Waals surface area contributed by atoms with Gasteiger partial charge >= 0.3 is 0 Å². The van der Waals surface area contributed by atoms with Crippen LogP contribution >= 0.6 is 22.9 Å². The molecule has 14 heavy (non-hydrogen) atoms. The van der Waals surface area contributed by atoms with E-state index in [1.165, 1.54) is 11.3 Å². The van der Waals surface area contributed by atoms with Gasteiger partial charge in [-0.3, -0.25) is 4.79 Å². The maximum absolute atomic E-state index is 11.4. The summed E-state index contributed by atoms with van der Waals surface area (Å²) in [6, 6.07) is 3.71. The fraction of sp³-hybridized carbons (Fsp3) is 0.500. The number of carbonyl (C=O) groups is 1. The predicted octanol–water partition coefficient (Wildman–Crippen LogP) is 2.89. The Labute approximate surface area is 93.3 Å². The van der Waals surface area contributed by atoms with Gasteiger partial charge < -0.3 is 5.32 Å². The molecule has 0 radical (unpaired) electrons. The number of thiophene rings is 1. The standard InChI is InChI=1S/C10H14ClNOS/c11-6-2-1-3-7-12-10(13)9-5-4-8-14-9/h4-5,8H,1-3,6-7H2,(H,12,13). The smallest absolute Gasteiger partial charge is 0.261 e. The molecule has 0 aliphatic carbocycles. The van der Waals surface area contributed by atoms with Crippen LogP contribution < -0.4 is 5.32 Å². The summed E-state index contributed by atoms with van der Waals surface area (Å²) < 4.78 is 0. The lowest BCUT2D eigenvalue weighted by atomic mass is 10.2. The van der Waals surface area contributed by atoms with E-state index in [2.05, 4.69) is 5.32 Å². The van der Waals surface area contributed by atoms with E-state index in [0.29, 0.717) is 5.88 Å². The minimum Gasteiger partial charge on any atom is -0.351 e. The molecule has 0 aliphatic heterocycles. The highest BCUT2D eigenvalue weighted by Crippen LogP contribution is 2.07. The summed E-state index contributed by atoms with van der Waals surface area (Å²) in [4.78, 5) is 12.2. The van der Waals surface area contributed by atoms with Crippen LogP contribution in [-0.2, 0) is 0 Å². The fourth-order valence-corrected chi connectivity index (χ4v) is 1.92. The Kier molecular flexibility index (Phi) is 5.64. The lowest BCUT2D eigenvalue weighted by molar-refractivity contribution is 0.0957. The summed E-state index contributed by atoms with van der Waals surface area (Å²) in [5.74, 6) is 0.740. The van der Waals surface area contributed by atoms with Crippen molar-refractivity contribution in [1.29, 1.82) is 0 Å². The van der Waals surface area contributed by atoms with Crippen molar-refractivity contribution in [3.63, 3.8) is 0 Å². The fourth-order valence-electron chi connectivity index (χ4n) is 1.09. The molecule has 0 fully saturated rings. The third-order valence-corrected chi connectivity index (χ3v) is 2.98. The number of rotatable bonds is 6. The molecule has 1 rings (SSSR count). The van der Waals surface area contributed by atoms with Crippen molar-refractivity contribution in [2.24, 2.45) is 0 Å². The summed E-state index contributed by atoms with van der Waals surface area (Å²) in [6.45, 7) is 0.744. The topological polar surface area (TPSA) is 29.1 Å². The zero-order chi connectivity index (χ0) is 10.2. The Morgan fingerprint density at radius 2 is 2.29 bits per heavy atom. The van der Waals surface area contributed by atoms with Crippen LogP contribution in [-0.4, -0.2) is 18.3 Å². The van der Waals surface area contributed by atoms with E-state index in [9.17, 15) is 4.79 Å². The molecule has 1 amide bonds. The maximum atomic E-state index is 11.4. The number of amides is 1. The van der Waals surface area contributed by atoms with Gasteiger partial charge in [-0.05, 0) is 24.3 Å². The van der Waals surface area contributed by atoms with Crippen LogP contribution in [0.3, 0.4) is 0 Å². The number of hydrogen-bond acceptors (Lipinski definition) is 2. The molecule has 0 saturated heterocycles. The molecule has 1 aromatic heterocycles. The summed E-state index contributed by atoms with van der Waals surface area (Å²) in [7, 11) is 0. The lowest BCUT2D eigenvalue weighted by Gasteiger charge is -2.02. The molecule has 0 atom stereocenters. The van der Waals surface area contributed by atoms with Gasteiger partial charge in [0, 0.05) is 12.4 Å². The van der Waals surface area contributed by atoms with Gasteiger partial charge in [-0.1, -0.05) is 12.5 Å².